The first-order valence-corrected chi connectivity index (χ1v) is 14.4. The predicted molar refractivity (Wildman–Crippen MR) is 157 cm³/mol. The highest BCUT2D eigenvalue weighted by Gasteiger charge is 2.15. The van der Waals surface area contributed by atoms with Gasteiger partial charge < -0.3 is 14.2 Å². The van der Waals surface area contributed by atoms with Crippen molar-refractivity contribution in [1.82, 2.24) is 10.3 Å². The highest BCUT2D eigenvalue weighted by atomic mass is 32.1. The Balaban J connectivity index is 1.61. The maximum Gasteiger partial charge on any atom is 0.411 e. The Morgan fingerprint density at radius 3 is 2.26 bits per heavy atom. The second kappa shape index (κ2) is 16.3. The summed E-state index contributed by atoms with van der Waals surface area (Å²) < 4.78 is 15.8. The van der Waals surface area contributed by atoms with Crippen molar-refractivity contribution in [1.29, 1.82) is 0 Å². The molecule has 1 heterocycles. The minimum atomic E-state index is -0.686. The van der Waals surface area contributed by atoms with E-state index in [0.717, 1.165) is 58.2 Å². The Labute approximate surface area is 235 Å². The normalized spacial score (nSPS) is 11.2. The molecular weight excluding hydrogens is 512 g/mol. The minimum Gasteiger partial charge on any atom is -0.494 e. The lowest BCUT2D eigenvalue weighted by atomic mass is 10.1. The van der Waals surface area contributed by atoms with Crippen LogP contribution in [-0.4, -0.2) is 37.4 Å². The summed E-state index contributed by atoms with van der Waals surface area (Å²) in [5.74, 6) is 0.233. The van der Waals surface area contributed by atoms with Crippen molar-refractivity contribution in [2.45, 2.75) is 58.8 Å². The van der Waals surface area contributed by atoms with Crippen LogP contribution in [0.4, 0.5) is 4.79 Å². The first-order valence-electron chi connectivity index (χ1n) is 13.6. The number of aromatic nitrogens is 1. The summed E-state index contributed by atoms with van der Waals surface area (Å²) in [6.45, 7) is 5.26. The van der Waals surface area contributed by atoms with Gasteiger partial charge in [-0.3, -0.25) is 5.32 Å². The van der Waals surface area contributed by atoms with Gasteiger partial charge in [-0.05, 0) is 54.3 Å². The monoisotopic (exact) mass is 550 g/mol. The number of esters is 1. The fourth-order valence-electron chi connectivity index (χ4n) is 3.75. The number of hydrogen-bond donors (Lipinski definition) is 1. The van der Waals surface area contributed by atoms with Crippen molar-refractivity contribution >= 4 is 29.5 Å². The number of ether oxygens (including phenoxy) is 3. The largest absolute Gasteiger partial charge is 0.494 e. The number of nitrogens with one attached hydrogen (secondary N) is 1. The van der Waals surface area contributed by atoms with Crippen LogP contribution in [0.25, 0.3) is 27.1 Å². The maximum atomic E-state index is 12.2. The van der Waals surface area contributed by atoms with Gasteiger partial charge in [0, 0.05) is 11.8 Å². The first kappa shape index (κ1) is 29.9. The molecule has 3 rings (SSSR count). The number of thiazole rings is 1. The van der Waals surface area contributed by atoms with Crippen LogP contribution in [0.1, 0.15) is 64.4 Å². The molecule has 8 heteroatoms. The van der Waals surface area contributed by atoms with E-state index in [-0.39, 0.29) is 5.70 Å². The fraction of sp³-hybridized carbons (Fsp3) is 0.387. The Bertz CT molecular complexity index is 1200. The van der Waals surface area contributed by atoms with Crippen molar-refractivity contribution < 1.29 is 23.8 Å². The van der Waals surface area contributed by atoms with Crippen LogP contribution in [-0.2, 0) is 14.3 Å². The zero-order chi connectivity index (χ0) is 27.9. The molecule has 208 valence electrons. The SMILES string of the molecule is CCCCCCCOc1ccc(-c2cnc(-c3ccc(C=C(NC(=O)OCCCC)C(=O)OC)cc3)s2)cc1. The van der Waals surface area contributed by atoms with E-state index in [1.165, 1.54) is 32.8 Å². The predicted octanol–water partition coefficient (Wildman–Crippen LogP) is 7.87. The smallest absolute Gasteiger partial charge is 0.411 e. The van der Waals surface area contributed by atoms with Crippen LogP contribution < -0.4 is 10.1 Å². The van der Waals surface area contributed by atoms with Gasteiger partial charge in [-0.1, -0.05) is 70.2 Å². The van der Waals surface area contributed by atoms with Crippen LogP contribution in [0, 0.1) is 0 Å². The van der Waals surface area contributed by atoms with Gasteiger partial charge in [0.25, 0.3) is 0 Å². The molecule has 39 heavy (non-hydrogen) atoms. The second-order valence-electron chi connectivity index (χ2n) is 9.10. The van der Waals surface area contributed by atoms with Gasteiger partial charge >= 0.3 is 12.1 Å². The lowest BCUT2D eigenvalue weighted by Crippen LogP contribution is -2.28. The molecule has 1 aromatic heterocycles. The molecule has 0 atom stereocenters. The van der Waals surface area contributed by atoms with E-state index < -0.39 is 12.1 Å². The van der Waals surface area contributed by atoms with E-state index in [1.807, 2.05) is 49.5 Å². The zero-order valence-electron chi connectivity index (χ0n) is 23.0. The van der Waals surface area contributed by atoms with Crippen LogP contribution >= 0.6 is 11.3 Å². The number of carbonyl (C=O) groups is 2. The Morgan fingerprint density at radius 2 is 1.56 bits per heavy atom. The highest BCUT2D eigenvalue weighted by molar-refractivity contribution is 7.18. The topological polar surface area (TPSA) is 86.8 Å². The van der Waals surface area contributed by atoms with E-state index in [9.17, 15) is 9.59 Å². The van der Waals surface area contributed by atoms with Crippen molar-refractivity contribution in [2.75, 3.05) is 20.3 Å². The zero-order valence-corrected chi connectivity index (χ0v) is 23.9. The molecule has 2 aromatic carbocycles. The molecule has 0 saturated carbocycles. The van der Waals surface area contributed by atoms with Crippen molar-refractivity contribution in [3.63, 3.8) is 0 Å². The Hall–Kier alpha value is -3.65. The summed E-state index contributed by atoms with van der Waals surface area (Å²) >= 11 is 1.61. The molecular formula is C31H38N2O5S. The number of alkyl carbamates (subject to hydrolysis) is 1. The third-order valence-corrected chi connectivity index (χ3v) is 7.10. The number of rotatable bonds is 15. The summed E-state index contributed by atoms with van der Waals surface area (Å²) in [6, 6.07) is 15.7. The summed E-state index contributed by atoms with van der Waals surface area (Å²) in [7, 11) is 1.26. The summed E-state index contributed by atoms with van der Waals surface area (Å²) in [5, 5.41) is 3.36. The summed E-state index contributed by atoms with van der Waals surface area (Å²) in [4.78, 5) is 29.8. The summed E-state index contributed by atoms with van der Waals surface area (Å²) in [6.07, 6.45) is 10.5. The van der Waals surface area contributed by atoms with E-state index >= 15 is 0 Å². The highest BCUT2D eigenvalue weighted by Crippen LogP contribution is 2.33. The number of benzene rings is 2. The minimum absolute atomic E-state index is 0.00667. The van der Waals surface area contributed by atoms with Gasteiger partial charge in [-0.2, -0.15) is 0 Å². The molecule has 0 saturated heterocycles. The van der Waals surface area contributed by atoms with Gasteiger partial charge in [-0.25, -0.2) is 14.6 Å². The Kier molecular flexibility index (Phi) is 12.5. The molecule has 1 N–H and O–H groups in total. The molecule has 0 radical (unpaired) electrons. The van der Waals surface area contributed by atoms with Crippen LogP contribution in [0.5, 0.6) is 5.75 Å². The molecule has 3 aromatic rings. The average molecular weight is 551 g/mol. The maximum absolute atomic E-state index is 12.2. The molecule has 0 aliphatic rings. The standard InChI is InChI=1S/C31H38N2O5S/c1-4-6-8-9-10-20-37-26-17-15-24(16-18-26)28-22-32-29(39-28)25-13-11-23(12-14-25)21-27(30(34)36-3)33-31(35)38-19-7-5-2/h11-18,21-22H,4-10,19-20H2,1-3H3,(H,33,35). The van der Waals surface area contributed by atoms with E-state index in [0.29, 0.717) is 6.61 Å². The number of hydrogen-bond acceptors (Lipinski definition) is 7. The lowest BCUT2D eigenvalue weighted by molar-refractivity contribution is -0.136. The van der Waals surface area contributed by atoms with E-state index in [4.69, 9.17) is 14.2 Å². The number of amides is 1. The average Bonchev–Trinajstić information content (AvgIpc) is 3.45. The molecule has 0 fully saturated rings. The van der Waals surface area contributed by atoms with Gasteiger partial charge in [0.05, 0.1) is 25.2 Å². The molecule has 1 amide bonds. The molecule has 0 unspecified atom stereocenters. The number of methoxy groups -OCH3 is 1. The van der Waals surface area contributed by atoms with Crippen molar-refractivity contribution in [2.24, 2.45) is 0 Å². The van der Waals surface area contributed by atoms with Gasteiger partial charge in [0.2, 0.25) is 0 Å². The molecule has 7 nitrogen and oxygen atoms in total. The number of unbranched alkanes of at least 4 members (excludes halogenated alkanes) is 5. The fourth-order valence-corrected chi connectivity index (χ4v) is 4.68. The number of carbonyl (C=O) groups excluding carboxylic acids is 2. The van der Waals surface area contributed by atoms with Crippen LogP contribution in [0.15, 0.2) is 60.4 Å². The quantitative estimate of drug-likeness (QED) is 0.118. The van der Waals surface area contributed by atoms with Crippen LogP contribution in [0.2, 0.25) is 0 Å². The van der Waals surface area contributed by atoms with Crippen LogP contribution in [0.3, 0.4) is 0 Å². The lowest BCUT2D eigenvalue weighted by Gasteiger charge is -2.09. The molecule has 0 aliphatic carbocycles. The third-order valence-electron chi connectivity index (χ3n) is 6.00. The first-order chi connectivity index (χ1) is 19.0. The van der Waals surface area contributed by atoms with Crippen molar-refractivity contribution in [3.05, 3.63) is 66.0 Å². The van der Waals surface area contributed by atoms with Gasteiger partial charge in [0.1, 0.15) is 16.5 Å². The number of nitrogens with zero attached hydrogens (tertiary/aromatic N) is 1. The Morgan fingerprint density at radius 1 is 0.872 bits per heavy atom. The molecule has 0 spiro atoms. The molecule has 0 aliphatic heterocycles. The molecule has 0 bridgehead atoms. The third kappa shape index (κ3) is 9.87. The van der Waals surface area contributed by atoms with Gasteiger partial charge in [-0.15, -0.1) is 11.3 Å². The second-order valence-corrected chi connectivity index (χ2v) is 10.1. The van der Waals surface area contributed by atoms with Crippen molar-refractivity contribution in [3.8, 4) is 26.8 Å². The van der Waals surface area contributed by atoms with E-state index in [2.05, 4.69) is 29.4 Å². The summed E-state index contributed by atoms with van der Waals surface area (Å²) in [5.41, 5.74) is 2.78. The van der Waals surface area contributed by atoms with E-state index in [1.54, 1.807) is 17.4 Å². The van der Waals surface area contributed by atoms with Gasteiger partial charge in [0.15, 0.2) is 0 Å².